The number of methoxy groups -OCH3 is 1. The van der Waals surface area contributed by atoms with Gasteiger partial charge in [0.25, 0.3) is 0 Å². The normalized spacial score (nSPS) is 39.4. The lowest BCUT2D eigenvalue weighted by Gasteiger charge is -2.33. The van der Waals surface area contributed by atoms with Gasteiger partial charge in [-0.05, 0) is 25.7 Å². The highest BCUT2D eigenvalue weighted by Gasteiger charge is 2.37. The maximum absolute atomic E-state index is 10.9. The van der Waals surface area contributed by atoms with E-state index in [4.69, 9.17) is 9.84 Å². The van der Waals surface area contributed by atoms with Crippen molar-refractivity contribution in [3.63, 3.8) is 0 Å². The zero-order valence-electron chi connectivity index (χ0n) is 10.2. The zero-order chi connectivity index (χ0) is 12.4. The first kappa shape index (κ1) is 12.8. The van der Waals surface area contributed by atoms with Crippen LogP contribution < -0.4 is 0 Å². The Bertz CT molecular complexity index is 276. The number of carboxylic acids is 1. The second kappa shape index (κ2) is 5.33. The predicted molar refractivity (Wildman–Crippen MR) is 61.8 cm³/mol. The highest BCUT2D eigenvalue weighted by atomic mass is 16.5. The molecule has 2 unspecified atom stereocenters. The Morgan fingerprint density at radius 1 is 1.24 bits per heavy atom. The molecule has 2 aliphatic rings. The lowest BCUT2D eigenvalue weighted by atomic mass is 9.85. The molecule has 0 amide bonds. The summed E-state index contributed by atoms with van der Waals surface area (Å²) in [6.07, 6.45) is 2.85. The Balaban J connectivity index is 1.84. The quantitative estimate of drug-likeness (QED) is 0.747. The number of β-amino-alcohol motifs (C(OH)–C–C–N with tert-alkyl or cyclic N) is 1. The smallest absolute Gasteiger partial charge is 0.306 e. The number of rotatable bonds is 3. The van der Waals surface area contributed by atoms with Gasteiger partial charge in [-0.25, -0.2) is 0 Å². The van der Waals surface area contributed by atoms with Gasteiger partial charge in [0.05, 0.1) is 18.1 Å². The Kier molecular flexibility index (Phi) is 4.01. The summed E-state index contributed by atoms with van der Waals surface area (Å²) in [5.74, 6) is -0.836. The Labute approximate surface area is 101 Å². The molecule has 98 valence electrons. The third kappa shape index (κ3) is 2.78. The maximum Gasteiger partial charge on any atom is 0.306 e. The minimum atomic E-state index is -0.667. The largest absolute Gasteiger partial charge is 0.481 e. The molecule has 1 aliphatic carbocycles. The van der Waals surface area contributed by atoms with Crippen molar-refractivity contribution >= 4 is 5.97 Å². The van der Waals surface area contributed by atoms with Crippen LogP contribution in [0.15, 0.2) is 0 Å². The number of hydrogen-bond acceptors (Lipinski definition) is 4. The van der Waals surface area contributed by atoms with Crippen molar-refractivity contribution in [2.75, 3.05) is 20.2 Å². The van der Waals surface area contributed by atoms with Crippen molar-refractivity contribution in [3.8, 4) is 0 Å². The molecule has 0 aromatic heterocycles. The average molecular weight is 243 g/mol. The lowest BCUT2D eigenvalue weighted by Crippen LogP contribution is -2.38. The molecule has 0 radical (unpaired) electrons. The number of aliphatic hydroxyl groups excluding tert-OH is 1. The van der Waals surface area contributed by atoms with Gasteiger partial charge in [0.1, 0.15) is 0 Å². The molecule has 1 aliphatic heterocycles. The number of ether oxygens (including phenoxy) is 1. The minimum absolute atomic E-state index is 0.0906. The van der Waals surface area contributed by atoms with Gasteiger partial charge in [-0.3, -0.25) is 9.69 Å². The first-order valence-corrected chi connectivity index (χ1v) is 6.29. The number of aliphatic carboxylic acids is 1. The molecule has 2 fully saturated rings. The van der Waals surface area contributed by atoms with Gasteiger partial charge >= 0.3 is 5.97 Å². The molecule has 2 N–H and O–H groups in total. The number of carboxylic acid groups (broad SMARTS) is 1. The molecule has 0 aromatic rings. The highest BCUT2D eigenvalue weighted by molar-refractivity contribution is 5.70. The van der Waals surface area contributed by atoms with Crippen molar-refractivity contribution in [1.29, 1.82) is 0 Å². The van der Waals surface area contributed by atoms with E-state index in [2.05, 4.69) is 4.90 Å². The van der Waals surface area contributed by atoms with E-state index in [9.17, 15) is 9.90 Å². The molecule has 17 heavy (non-hydrogen) atoms. The topological polar surface area (TPSA) is 70.0 Å². The summed E-state index contributed by atoms with van der Waals surface area (Å²) in [5, 5.41) is 18.7. The molecule has 2 atom stereocenters. The first-order chi connectivity index (χ1) is 8.11. The molecule has 1 saturated carbocycles. The monoisotopic (exact) mass is 243 g/mol. The van der Waals surface area contributed by atoms with Crippen molar-refractivity contribution < 1.29 is 19.7 Å². The fourth-order valence-corrected chi connectivity index (χ4v) is 3.00. The summed E-state index contributed by atoms with van der Waals surface area (Å²) in [7, 11) is 1.62. The second-order valence-corrected chi connectivity index (χ2v) is 5.14. The van der Waals surface area contributed by atoms with Crippen molar-refractivity contribution in [1.82, 2.24) is 4.90 Å². The van der Waals surface area contributed by atoms with Crippen molar-refractivity contribution in [2.24, 2.45) is 5.92 Å². The van der Waals surface area contributed by atoms with Crippen LogP contribution in [-0.4, -0.2) is 59.5 Å². The van der Waals surface area contributed by atoms with E-state index in [1.165, 1.54) is 0 Å². The van der Waals surface area contributed by atoms with Crippen LogP contribution in [0.25, 0.3) is 0 Å². The predicted octanol–water partition coefficient (Wildman–Crippen LogP) is 0.321. The second-order valence-electron chi connectivity index (χ2n) is 5.14. The maximum atomic E-state index is 10.9. The van der Waals surface area contributed by atoms with Gasteiger partial charge in [-0.2, -0.15) is 0 Å². The molecule has 0 aromatic carbocycles. The van der Waals surface area contributed by atoms with E-state index in [0.29, 0.717) is 12.6 Å². The number of carbonyl (C=O) groups is 1. The van der Waals surface area contributed by atoms with E-state index in [0.717, 1.165) is 32.2 Å². The molecule has 5 nitrogen and oxygen atoms in total. The minimum Gasteiger partial charge on any atom is -0.481 e. The van der Waals surface area contributed by atoms with Gasteiger partial charge in [0.15, 0.2) is 0 Å². The van der Waals surface area contributed by atoms with Crippen LogP contribution in [0, 0.1) is 5.92 Å². The van der Waals surface area contributed by atoms with Crippen LogP contribution in [0.1, 0.15) is 25.7 Å². The number of likely N-dealkylation sites (tertiary alicyclic amines) is 1. The van der Waals surface area contributed by atoms with Crippen LogP contribution >= 0.6 is 0 Å². The summed E-state index contributed by atoms with van der Waals surface area (Å²) in [6, 6.07) is 0.417. The summed E-state index contributed by atoms with van der Waals surface area (Å²) in [6.45, 7) is 1.42. The Morgan fingerprint density at radius 2 is 1.88 bits per heavy atom. The van der Waals surface area contributed by atoms with Crippen LogP contribution in [-0.2, 0) is 9.53 Å². The third-order valence-electron chi connectivity index (χ3n) is 4.13. The van der Waals surface area contributed by atoms with E-state index >= 15 is 0 Å². The molecular weight excluding hydrogens is 222 g/mol. The highest BCUT2D eigenvalue weighted by Crippen LogP contribution is 2.30. The lowest BCUT2D eigenvalue weighted by molar-refractivity contribution is -0.143. The Hall–Kier alpha value is -0.650. The van der Waals surface area contributed by atoms with Crippen LogP contribution in [0.4, 0.5) is 0 Å². The van der Waals surface area contributed by atoms with Gasteiger partial charge < -0.3 is 14.9 Å². The number of nitrogens with zero attached hydrogens (tertiary/aromatic N) is 1. The molecule has 5 heteroatoms. The molecule has 1 saturated heterocycles. The average Bonchev–Trinajstić information content (AvgIpc) is 2.70. The van der Waals surface area contributed by atoms with Crippen LogP contribution in [0.5, 0.6) is 0 Å². The van der Waals surface area contributed by atoms with Gasteiger partial charge in [-0.15, -0.1) is 0 Å². The fraction of sp³-hybridized carbons (Fsp3) is 0.917. The number of aliphatic hydroxyl groups is 1. The molecule has 0 bridgehead atoms. The summed E-state index contributed by atoms with van der Waals surface area (Å²) < 4.78 is 5.22. The molecule has 1 heterocycles. The van der Waals surface area contributed by atoms with Crippen LogP contribution in [0.2, 0.25) is 0 Å². The van der Waals surface area contributed by atoms with Gasteiger partial charge in [-0.1, -0.05) is 0 Å². The SMILES string of the molecule is COC1CN(C2CCC(C(=O)O)CC2)CC1O. The number of hydrogen-bond donors (Lipinski definition) is 2. The van der Waals surface area contributed by atoms with Crippen LogP contribution in [0.3, 0.4) is 0 Å². The molecule has 2 rings (SSSR count). The van der Waals surface area contributed by atoms with E-state index in [1.807, 2.05) is 0 Å². The van der Waals surface area contributed by atoms with E-state index in [-0.39, 0.29) is 12.0 Å². The van der Waals surface area contributed by atoms with Crippen molar-refractivity contribution in [2.45, 2.75) is 43.9 Å². The summed E-state index contributed by atoms with van der Waals surface area (Å²) in [5.41, 5.74) is 0. The standard InChI is InChI=1S/C12H21NO4/c1-17-11-7-13(6-10(11)14)9-4-2-8(3-5-9)12(15)16/h8-11,14H,2-7H2,1H3,(H,15,16). The summed E-state index contributed by atoms with van der Waals surface area (Å²) >= 11 is 0. The van der Waals surface area contributed by atoms with Gasteiger partial charge in [0, 0.05) is 26.2 Å². The van der Waals surface area contributed by atoms with Crippen molar-refractivity contribution in [3.05, 3.63) is 0 Å². The molecule has 0 spiro atoms. The third-order valence-corrected chi connectivity index (χ3v) is 4.13. The first-order valence-electron chi connectivity index (χ1n) is 6.29. The fourth-order valence-electron chi connectivity index (χ4n) is 3.00. The molecular formula is C12H21NO4. The van der Waals surface area contributed by atoms with E-state index in [1.54, 1.807) is 7.11 Å². The van der Waals surface area contributed by atoms with Gasteiger partial charge in [0.2, 0.25) is 0 Å². The summed E-state index contributed by atoms with van der Waals surface area (Å²) in [4.78, 5) is 13.1. The Morgan fingerprint density at radius 3 is 2.35 bits per heavy atom. The zero-order valence-corrected chi connectivity index (χ0v) is 10.2. The van der Waals surface area contributed by atoms with E-state index < -0.39 is 12.1 Å².